The maximum atomic E-state index is 11.1. The molecule has 0 aliphatic rings. The molecule has 0 saturated carbocycles. The third-order valence-corrected chi connectivity index (χ3v) is 22.9. The summed E-state index contributed by atoms with van der Waals surface area (Å²) in [6, 6.07) is 0. The minimum absolute atomic E-state index is 0.201. The van der Waals surface area contributed by atoms with Gasteiger partial charge in [-0.25, -0.2) is 0 Å². The van der Waals surface area contributed by atoms with Crippen LogP contribution in [0.2, 0.25) is 16.5 Å². The molecule has 0 fully saturated rings. The Kier molecular flexibility index (Phi) is 10.5. The summed E-state index contributed by atoms with van der Waals surface area (Å²) in [5.74, 6) is -1.56. The monoisotopic (exact) mass is 470 g/mol. The summed E-state index contributed by atoms with van der Waals surface area (Å²) in [6.45, 7) is 4.23. The second kappa shape index (κ2) is 10.6. The second-order valence-corrected chi connectivity index (χ2v) is 23.9. The first-order valence-electron chi connectivity index (χ1n) is 7.39. The first-order valence-corrected chi connectivity index (χ1v) is 18.4. The van der Waals surface area contributed by atoms with Crippen LogP contribution in [0, 0.1) is 0 Å². The first-order chi connectivity index (χ1) is 8.95. The van der Waals surface area contributed by atoms with Crippen LogP contribution in [0.25, 0.3) is 0 Å². The molecule has 0 atom stereocenters. The average molecular weight is 470 g/mol. The summed E-state index contributed by atoms with van der Waals surface area (Å²) >= 11 is -3.18. The average Bonchev–Trinajstić information content (AvgIpc) is 2.27. The molecule has 0 aliphatic carbocycles. The fraction of sp³-hybridized carbons (Fsp3) is 0.857. The Morgan fingerprint density at radius 1 is 0.789 bits per heavy atom. The number of carbonyl (C=O) groups is 2. The Morgan fingerprint density at radius 3 is 1.42 bits per heavy atom. The van der Waals surface area contributed by atoms with Crippen molar-refractivity contribution in [3.05, 3.63) is 0 Å². The zero-order valence-electron chi connectivity index (χ0n) is 12.3. The van der Waals surface area contributed by atoms with Crippen molar-refractivity contribution in [2.45, 2.75) is 68.9 Å². The van der Waals surface area contributed by atoms with E-state index < -0.39 is 32.2 Å². The molecule has 114 valence electrons. The number of carboxylic acids is 2. The van der Waals surface area contributed by atoms with Crippen LogP contribution in [0.15, 0.2) is 0 Å². The predicted molar refractivity (Wildman–Crippen MR) is 80.7 cm³/mol. The van der Waals surface area contributed by atoms with E-state index in [1.165, 1.54) is 0 Å². The summed E-state index contributed by atoms with van der Waals surface area (Å²) in [4.78, 5) is 22.2. The Balaban J connectivity index is 4.73. The van der Waals surface area contributed by atoms with Gasteiger partial charge in [0.05, 0.1) is 0 Å². The molecule has 0 spiro atoms. The van der Waals surface area contributed by atoms with Crippen LogP contribution in [-0.2, 0) is 9.59 Å². The maximum absolute atomic E-state index is 11.1. The molecule has 2 N–H and O–H groups in total. The van der Waals surface area contributed by atoms with Gasteiger partial charge in [-0.2, -0.15) is 0 Å². The topological polar surface area (TPSA) is 74.6 Å². The van der Waals surface area contributed by atoms with Gasteiger partial charge in [-0.15, -0.1) is 0 Å². The van der Waals surface area contributed by atoms with E-state index in [2.05, 4.69) is 13.8 Å². The minimum atomic E-state index is -3.18. The van der Waals surface area contributed by atoms with Crippen LogP contribution in [0.1, 0.15) is 52.4 Å². The third-order valence-electron chi connectivity index (χ3n) is 3.67. The van der Waals surface area contributed by atoms with E-state index in [1.54, 1.807) is 0 Å². The molecule has 4 nitrogen and oxygen atoms in total. The van der Waals surface area contributed by atoms with Gasteiger partial charge in [-0.1, -0.05) is 0 Å². The van der Waals surface area contributed by atoms with Gasteiger partial charge in [0.1, 0.15) is 0 Å². The van der Waals surface area contributed by atoms with Gasteiger partial charge in [0.2, 0.25) is 0 Å². The normalized spacial score (nSPS) is 12.3. The van der Waals surface area contributed by atoms with Crippen LogP contribution >= 0.6 is 0 Å². The van der Waals surface area contributed by atoms with Gasteiger partial charge in [-0.05, 0) is 0 Å². The van der Waals surface area contributed by atoms with Crippen molar-refractivity contribution < 1.29 is 19.8 Å². The molecule has 0 radical (unpaired) electrons. The zero-order valence-corrected chi connectivity index (χ0v) is 16.2. The molecule has 0 rings (SSSR count). The number of unbranched alkanes of at least 4 members (excludes halogenated alkanes) is 4. The summed E-state index contributed by atoms with van der Waals surface area (Å²) in [5.41, 5.74) is 0. The van der Waals surface area contributed by atoms with Crippen molar-refractivity contribution in [2.75, 3.05) is 0 Å². The van der Waals surface area contributed by atoms with Crippen molar-refractivity contribution in [3.8, 4) is 0 Å². The molecule has 0 aromatic rings. The SMILES string of the molecule is CCCC[CH2][BiH]([CH2]CCCC)([CH2]C(=O)O)[CH2]C(=O)O. The molecule has 0 saturated heterocycles. The molecule has 19 heavy (non-hydrogen) atoms. The Morgan fingerprint density at radius 2 is 1.16 bits per heavy atom. The van der Waals surface area contributed by atoms with Crippen molar-refractivity contribution in [1.29, 1.82) is 0 Å². The predicted octanol–water partition coefficient (Wildman–Crippen LogP) is 3.72. The first kappa shape index (κ1) is 18.8. The van der Waals surface area contributed by atoms with Crippen LogP contribution in [0.3, 0.4) is 0 Å². The molecular formula is C14H29BiO4. The van der Waals surface area contributed by atoms with Crippen LogP contribution in [0.4, 0.5) is 0 Å². The molecule has 0 aliphatic heterocycles. The number of carboxylic acid groups (broad SMARTS) is 2. The van der Waals surface area contributed by atoms with Crippen molar-refractivity contribution >= 4 is 32.2 Å². The van der Waals surface area contributed by atoms with E-state index >= 15 is 0 Å². The van der Waals surface area contributed by atoms with Crippen LogP contribution in [0.5, 0.6) is 0 Å². The van der Waals surface area contributed by atoms with E-state index in [-0.39, 0.29) is 8.26 Å². The fourth-order valence-electron chi connectivity index (χ4n) is 2.68. The van der Waals surface area contributed by atoms with E-state index in [0.29, 0.717) is 0 Å². The number of hydrogen-bond acceptors (Lipinski definition) is 2. The Labute approximate surface area is 121 Å². The number of rotatable bonds is 12. The molecule has 0 heterocycles. The molecule has 0 amide bonds. The van der Waals surface area contributed by atoms with Gasteiger partial charge in [-0.3, -0.25) is 0 Å². The van der Waals surface area contributed by atoms with Crippen LogP contribution in [-0.4, -0.2) is 42.4 Å². The summed E-state index contributed by atoms with van der Waals surface area (Å²) in [6.07, 6.45) is 6.41. The molecule has 0 bridgehead atoms. The van der Waals surface area contributed by atoms with Gasteiger partial charge in [0.15, 0.2) is 0 Å². The van der Waals surface area contributed by atoms with Crippen LogP contribution < -0.4 is 0 Å². The summed E-state index contributed by atoms with van der Waals surface area (Å²) in [5, 5.41) is 18.3. The summed E-state index contributed by atoms with van der Waals surface area (Å²) in [7, 11) is 0. The van der Waals surface area contributed by atoms with Crippen molar-refractivity contribution in [1.82, 2.24) is 0 Å². The quantitative estimate of drug-likeness (QED) is 0.337. The molecule has 0 unspecified atom stereocenters. The van der Waals surface area contributed by atoms with Gasteiger partial charge < -0.3 is 0 Å². The van der Waals surface area contributed by atoms with E-state index in [0.717, 1.165) is 46.8 Å². The standard InChI is InChI=1S/2C5H11.2C2H3O2.Bi.H/c2*1-3-5-4-2;2*1-2(3)4;;/h2*1,3-5H2,2H3;2*1H2,(H,3,4);;. The number of hydrogen-bond donors (Lipinski definition) is 2. The molecule has 5 heteroatoms. The Hall–Kier alpha value is -0.177. The second-order valence-electron chi connectivity index (χ2n) is 5.56. The molecule has 0 aromatic carbocycles. The van der Waals surface area contributed by atoms with E-state index in [9.17, 15) is 9.59 Å². The fourth-order valence-corrected chi connectivity index (χ4v) is 19.7. The van der Waals surface area contributed by atoms with E-state index in [1.807, 2.05) is 0 Å². The zero-order chi connectivity index (χ0) is 14.7. The van der Waals surface area contributed by atoms with E-state index in [4.69, 9.17) is 10.2 Å². The van der Waals surface area contributed by atoms with Gasteiger partial charge >= 0.3 is 121 Å². The third kappa shape index (κ3) is 9.37. The van der Waals surface area contributed by atoms with Crippen molar-refractivity contribution in [2.24, 2.45) is 0 Å². The van der Waals surface area contributed by atoms with Gasteiger partial charge in [0, 0.05) is 0 Å². The molecule has 0 aromatic heterocycles. The Bertz CT molecular complexity index is 251. The van der Waals surface area contributed by atoms with Gasteiger partial charge in [0.25, 0.3) is 0 Å². The van der Waals surface area contributed by atoms with Crippen molar-refractivity contribution in [3.63, 3.8) is 0 Å². The number of aliphatic carboxylic acids is 2. The molecular weight excluding hydrogens is 441 g/mol. The summed E-state index contributed by atoms with van der Waals surface area (Å²) < 4.78 is 2.27.